The Kier molecular flexibility index (Phi) is 10.4. The van der Waals surface area contributed by atoms with Crippen molar-refractivity contribution in [2.24, 2.45) is 0 Å². The number of carboxylic acids is 1. The number of sulfonamides is 1. The molecule has 0 unspecified atom stereocenters. The van der Waals surface area contributed by atoms with Crippen molar-refractivity contribution in [1.82, 2.24) is 19.7 Å². The maximum atomic E-state index is 12.0. The van der Waals surface area contributed by atoms with E-state index >= 15 is 0 Å². The molecule has 2 heterocycles. The first-order chi connectivity index (χ1) is 19.7. The van der Waals surface area contributed by atoms with Gasteiger partial charge in [0.2, 0.25) is 16.0 Å². The number of halogens is 3. The molecule has 0 fully saturated rings. The highest BCUT2D eigenvalue weighted by Gasteiger charge is 2.38. The van der Waals surface area contributed by atoms with Crippen molar-refractivity contribution < 1.29 is 36.2 Å². The smallest absolute Gasteiger partial charge is 0.475 e. The summed E-state index contributed by atoms with van der Waals surface area (Å²) in [6.07, 6.45) is -3.51. The van der Waals surface area contributed by atoms with Crippen molar-refractivity contribution in [3.05, 3.63) is 84.7 Å². The molecule has 4 aromatic rings. The largest absolute Gasteiger partial charge is 0.490 e. The maximum absolute atomic E-state index is 12.0. The number of rotatable bonds is 9. The number of hydrogen-bond acceptors (Lipinski definition) is 9. The fourth-order valence-corrected chi connectivity index (χ4v) is 3.82. The van der Waals surface area contributed by atoms with Gasteiger partial charge in [0.05, 0.1) is 23.2 Å². The van der Waals surface area contributed by atoms with Gasteiger partial charge >= 0.3 is 12.1 Å². The predicted molar refractivity (Wildman–Crippen MR) is 151 cm³/mol. The van der Waals surface area contributed by atoms with Gasteiger partial charge in [0.1, 0.15) is 17.3 Å². The van der Waals surface area contributed by atoms with Crippen LogP contribution in [0, 0.1) is 0 Å². The molecule has 0 saturated carbocycles. The molecule has 0 aliphatic heterocycles. The van der Waals surface area contributed by atoms with Crippen molar-refractivity contribution in [3.8, 4) is 22.8 Å². The third-order valence-corrected chi connectivity index (χ3v) is 7.07. The van der Waals surface area contributed by atoms with E-state index in [9.17, 15) is 21.6 Å². The summed E-state index contributed by atoms with van der Waals surface area (Å²) in [5.74, 6) is -0.837. The molecule has 15 heteroatoms. The van der Waals surface area contributed by atoms with Crippen molar-refractivity contribution >= 4 is 33.4 Å². The van der Waals surface area contributed by atoms with Gasteiger partial charge in [-0.05, 0) is 44.2 Å². The summed E-state index contributed by atoms with van der Waals surface area (Å²) in [7, 11) is -3.37. The van der Waals surface area contributed by atoms with Gasteiger partial charge in [0.15, 0.2) is 0 Å². The Hall–Kier alpha value is -4.76. The van der Waals surface area contributed by atoms with Gasteiger partial charge < -0.3 is 20.9 Å². The molecular weight excluding hydrogens is 577 g/mol. The van der Waals surface area contributed by atoms with E-state index in [0.29, 0.717) is 23.0 Å². The molecule has 0 atom stereocenters. The van der Waals surface area contributed by atoms with Gasteiger partial charge in [-0.25, -0.2) is 22.9 Å². The first-order valence-corrected chi connectivity index (χ1v) is 13.8. The summed E-state index contributed by atoms with van der Waals surface area (Å²) in [6.45, 7) is 3.33. The van der Waals surface area contributed by atoms with E-state index in [4.69, 9.17) is 20.4 Å². The Balaban J connectivity index is 0.000000616. The average Bonchev–Trinajstić information content (AvgIpc) is 2.93. The second-order valence-corrected chi connectivity index (χ2v) is 11.1. The zero-order valence-electron chi connectivity index (χ0n) is 22.3. The van der Waals surface area contributed by atoms with E-state index in [1.165, 1.54) is 0 Å². The first kappa shape index (κ1) is 31.8. The summed E-state index contributed by atoms with van der Waals surface area (Å²) in [4.78, 5) is 21.7. The molecule has 2 aromatic heterocycles. The van der Waals surface area contributed by atoms with Crippen molar-refractivity contribution in [2.75, 3.05) is 11.1 Å². The number of nitrogen functional groups attached to an aromatic ring is 1. The SMILES string of the molecule is CC(C)S(=O)(=O)NCc1cc(Oc2ccc(Nc3cc(-c4ccccc4)nc(N)n3)cc2)ccn1.O=C(O)C(F)(F)F. The fourth-order valence-electron chi connectivity index (χ4n) is 3.13. The number of hydrogen-bond donors (Lipinski definition) is 4. The monoisotopic (exact) mass is 604 g/mol. The number of carbonyl (C=O) groups is 1. The number of alkyl halides is 3. The molecule has 4 rings (SSSR count). The van der Waals surface area contributed by atoms with Crippen LogP contribution in [0.3, 0.4) is 0 Å². The molecule has 0 spiro atoms. The van der Waals surface area contributed by atoms with E-state index in [0.717, 1.165) is 16.9 Å². The molecule has 2 aromatic carbocycles. The van der Waals surface area contributed by atoms with Gasteiger partial charge in [0.25, 0.3) is 0 Å². The lowest BCUT2D eigenvalue weighted by Gasteiger charge is -2.11. The summed E-state index contributed by atoms with van der Waals surface area (Å²) in [5.41, 5.74) is 8.94. The number of nitrogens with two attached hydrogens (primary N) is 1. The number of aromatic nitrogens is 3. The Labute approximate surface area is 239 Å². The van der Waals surface area contributed by atoms with Crippen LogP contribution in [0.5, 0.6) is 11.5 Å². The van der Waals surface area contributed by atoms with Gasteiger partial charge in [-0.3, -0.25) is 4.98 Å². The molecule has 11 nitrogen and oxygen atoms in total. The molecular formula is C27H27F3N6O5S. The highest BCUT2D eigenvalue weighted by Crippen LogP contribution is 2.26. The minimum absolute atomic E-state index is 0.0909. The van der Waals surface area contributed by atoms with E-state index in [1.54, 1.807) is 32.2 Å². The van der Waals surface area contributed by atoms with E-state index in [1.807, 2.05) is 60.7 Å². The zero-order chi connectivity index (χ0) is 30.9. The van der Waals surface area contributed by atoms with Crippen LogP contribution in [0.1, 0.15) is 19.5 Å². The van der Waals surface area contributed by atoms with Crippen LogP contribution in [-0.4, -0.2) is 45.9 Å². The van der Waals surface area contributed by atoms with E-state index in [-0.39, 0.29) is 12.5 Å². The second kappa shape index (κ2) is 13.7. The molecule has 0 bridgehead atoms. The number of anilines is 3. The predicted octanol–water partition coefficient (Wildman–Crippen LogP) is 5.12. The standard InChI is InChI=1S/C25H26N6O3S.C2HF3O2/c1-17(2)35(32,33)28-16-20-14-22(12-13-27-20)34-21-10-8-19(9-11-21)29-24-15-23(30-25(26)31-24)18-6-4-3-5-7-18;3-2(4,5)1(6)7/h3-15,17,28H,16H2,1-2H3,(H3,26,29,30,31);(H,6,7). The Bertz CT molecular complexity index is 1600. The molecule has 0 aliphatic carbocycles. The minimum Gasteiger partial charge on any atom is -0.475 e. The van der Waals surface area contributed by atoms with Crippen LogP contribution in [0.4, 0.5) is 30.6 Å². The van der Waals surface area contributed by atoms with Gasteiger partial charge in [-0.2, -0.15) is 18.2 Å². The van der Waals surface area contributed by atoms with Crippen LogP contribution in [0.15, 0.2) is 79.0 Å². The first-order valence-electron chi connectivity index (χ1n) is 12.2. The lowest BCUT2D eigenvalue weighted by Crippen LogP contribution is -2.30. The van der Waals surface area contributed by atoms with Crippen molar-refractivity contribution in [1.29, 1.82) is 0 Å². The summed E-state index contributed by atoms with van der Waals surface area (Å²) in [5, 5.41) is 9.84. The zero-order valence-corrected chi connectivity index (χ0v) is 23.1. The van der Waals surface area contributed by atoms with Crippen molar-refractivity contribution in [3.63, 3.8) is 0 Å². The Morgan fingerprint density at radius 1 is 1.00 bits per heavy atom. The third-order valence-electron chi connectivity index (χ3n) is 5.28. The summed E-state index contributed by atoms with van der Waals surface area (Å²) >= 11 is 0. The van der Waals surface area contributed by atoms with Gasteiger partial charge in [-0.1, -0.05) is 30.3 Å². The second-order valence-electron chi connectivity index (χ2n) is 8.81. The Morgan fingerprint density at radius 3 is 2.24 bits per heavy atom. The normalized spacial score (nSPS) is 11.4. The fraction of sp³-hybridized carbons (Fsp3) is 0.185. The number of benzene rings is 2. The van der Waals surface area contributed by atoms with Gasteiger partial charge in [0, 0.05) is 29.6 Å². The van der Waals surface area contributed by atoms with Crippen molar-refractivity contribution in [2.45, 2.75) is 31.8 Å². The van der Waals surface area contributed by atoms with Gasteiger partial charge in [-0.15, -0.1) is 0 Å². The van der Waals surface area contributed by atoms with Crippen LogP contribution >= 0.6 is 0 Å². The molecule has 222 valence electrons. The Morgan fingerprint density at radius 2 is 1.64 bits per heavy atom. The number of nitrogens with zero attached hydrogens (tertiary/aromatic N) is 3. The number of ether oxygens (including phenoxy) is 1. The lowest BCUT2D eigenvalue weighted by molar-refractivity contribution is -0.192. The molecule has 0 aliphatic rings. The average molecular weight is 605 g/mol. The molecule has 5 N–H and O–H groups in total. The number of carboxylic acid groups (broad SMARTS) is 1. The highest BCUT2D eigenvalue weighted by molar-refractivity contribution is 7.90. The quantitative estimate of drug-likeness (QED) is 0.201. The lowest BCUT2D eigenvalue weighted by atomic mass is 10.1. The topological polar surface area (TPSA) is 169 Å². The maximum Gasteiger partial charge on any atom is 0.490 e. The highest BCUT2D eigenvalue weighted by atomic mass is 32.2. The number of nitrogens with one attached hydrogen (secondary N) is 2. The van der Waals surface area contributed by atoms with Crippen LogP contribution < -0.4 is 20.5 Å². The van der Waals surface area contributed by atoms with E-state index < -0.39 is 27.4 Å². The van der Waals surface area contributed by atoms with Crippen LogP contribution in [0.25, 0.3) is 11.3 Å². The summed E-state index contributed by atoms with van der Waals surface area (Å²) in [6, 6.07) is 22.3. The van der Waals surface area contributed by atoms with Crippen LogP contribution in [0.2, 0.25) is 0 Å². The third kappa shape index (κ3) is 9.71. The van der Waals surface area contributed by atoms with E-state index in [2.05, 4.69) is 25.0 Å². The molecule has 0 radical (unpaired) electrons. The number of aliphatic carboxylic acids is 1. The van der Waals surface area contributed by atoms with Crippen LogP contribution in [-0.2, 0) is 21.4 Å². The molecule has 0 amide bonds. The summed E-state index contributed by atoms with van der Waals surface area (Å²) < 4.78 is 64.1. The molecule has 42 heavy (non-hydrogen) atoms. The molecule has 0 saturated heterocycles. The number of pyridine rings is 1. The minimum atomic E-state index is -5.08.